The number of benzene rings is 13. The average Bonchev–Trinajstić information content (AvgIpc) is 1.82. The Kier molecular flexibility index (Phi) is 11.2. The lowest BCUT2D eigenvalue weighted by Crippen LogP contribution is -2.10. The Morgan fingerprint density at radius 2 is 0.628 bits per heavy atom. The molecular formula is C80H58N4O2. The van der Waals surface area contributed by atoms with Crippen molar-refractivity contribution in [2.75, 3.05) is 9.80 Å². The second-order valence-electron chi connectivity index (χ2n) is 23.7. The average molecular weight is 1110 g/mol. The van der Waals surface area contributed by atoms with Crippen LogP contribution in [0.4, 0.5) is 34.1 Å². The Bertz CT molecular complexity index is 5190. The molecule has 17 aromatic rings. The predicted molar refractivity (Wildman–Crippen MR) is 362 cm³/mol. The zero-order valence-electron chi connectivity index (χ0n) is 48.2. The van der Waals surface area contributed by atoms with Crippen molar-refractivity contribution < 1.29 is 8.83 Å². The van der Waals surface area contributed by atoms with Crippen molar-refractivity contribution in [1.29, 1.82) is 0 Å². The zero-order valence-corrected chi connectivity index (χ0v) is 48.2. The monoisotopic (exact) mass is 1110 g/mol. The molecule has 410 valence electrons. The lowest BCUT2D eigenvalue weighted by atomic mass is 10.0. The molecule has 0 saturated carbocycles. The number of anilines is 6. The van der Waals surface area contributed by atoms with Crippen molar-refractivity contribution in [3.05, 3.63) is 278 Å². The van der Waals surface area contributed by atoms with Crippen LogP contribution in [0.15, 0.2) is 276 Å². The van der Waals surface area contributed by atoms with Crippen LogP contribution in [0.3, 0.4) is 0 Å². The fourth-order valence-corrected chi connectivity index (χ4v) is 13.6. The molecule has 0 atom stereocenters. The molecule has 13 aromatic carbocycles. The van der Waals surface area contributed by atoms with Crippen LogP contribution in [0.5, 0.6) is 0 Å². The predicted octanol–water partition coefficient (Wildman–Crippen LogP) is 23.2. The molecule has 0 aliphatic carbocycles. The zero-order chi connectivity index (χ0) is 57.3. The van der Waals surface area contributed by atoms with Crippen LogP contribution in [0.25, 0.3) is 120 Å². The fraction of sp³-hybridized carbons (Fsp3) is 0.0750. The second kappa shape index (κ2) is 19.4. The topological polar surface area (TPSA) is 42.6 Å². The van der Waals surface area contributed by atoms with Crippen molar-refractivity contribution in [2.45, 2.75) is 39.5 Å². The maximum Gasteiger partial charge on any atom is 0.178 e. The normalized spacial score (nSPS) is 12.2. The third kappa shape index (κ3) is 7.86. The molecule has 0 fully saturated rings. The van der Waals surface area contributed by atoms with Gasteiger partial charge in [0.1, 0.15) is 11.2 Å². The van der Waals surface area contributed by atoms with E-state index in [4.69, 9.17) is 8.83 Å². The van der Waals surface area contributed by atoms with Crippen molar-refractivity contribution in [2.24, 2.45) is 0 Å². The van der Waals surface area contributed by atoms with Crippen LogP contribution in [0.2, 0.25) is 0 Å². The highest BCUT2D eigenvalue weighted by Gasteiger charge is 2.23. The van der Waals surface area contributed by atoms with Gasteiger partial charge in [0, 0.05) is 88.6 Å². The molecule has 6 nitrogen and oxygen atoms in total. The maximum atomic E-state index is 6.97. The van der Waals surface area contributed by atoms with Crippen LogP contribution in [0, 0.1) is 0 Å². The van der Waals surface area contributed by atoms with Gasteiger partial charge in [0.05, 0.1) is 22.1 Å². The van der Waals surface area contributed by atoms with Gasteiger partial charge in [-0.05, 0) is 202 Å². The van der Waals surface area contributed by atoms with E-state index in [1.165, 1.54) is 54.7 Å². The summed E-state index contributed by atoms with van der Waals surface area (Å²) in [5.41, 5.74) is 19.2. The van der Waals surface area contributed by atoms with Crippen LogP contribution in [-0.2, 0) is 0 Å². The van der Waals surface area contributed by atoms with Crippen LogP contribution in [0.1, 0.15) is 50.7 Å². The fourth-order valence-electron chi connectivity index (χ4n) is 13.6. The molecule has 0 aliphatic heterocycles. The first-order chi connectivity index (χ1) is 42.3. The first-order valence-electron chi connectivity index (χ1n) is 29.9. The highest BCUT2D eigenvalue weighted by Crippen LogP contribution is 2.46. The van der Waals surface area contributed by atoms with Gasteiger partial charge in [0.15, 0.2) is 11.2 Å². The summed E-state index contributed by atoms with van der Waals surface area (Å²) in [7, 11) is 0. The molecule has 0 radical (unpaired) electrons. The van der Waals surface area contributed by atoms with Gasteiger partial charge in [0.2, 0.25) is 0 Å². The Morgan fingerprint density at radius 3 is 1.05 bits per heavy atom. The van der Waals surface area contributed by atoms with Crippen LogP contribution < -0.4 is 9.80 Å². The number of aromatic nitrogens is 2. The molecular weight excluding hydrogens is 1050 g/mol. The van der Waals surface area contributed by atoms with Crippen molar-refractivity contribution in [1.82, 2.24) is 9.13 Å². The number of hydrogen-bond acceptors (Lipinski definition) is 4. The molecule has 86 heavy (non-hydrogen) atoms. The van der Waals surface area contributed by atoms with E-state index in [9.17, 15) is 0 Å². The third-order valence-electron chi connectivity index (χ3n) is 18.0. The van der Waals surface area contributed by atoms with Crippen molar-refractivity contribution >= 4 is 143 Å². The summed E-state index contributed by atoms with van der Waals surface area (Å²) in [6.45, 7) is 8.99. The first-order valence-corrected chi connectivity index (χ1v) is 29.9. The van der Waals surface area contributed by atoms with Crippen LogP contribution in [-0.4, -0.2) is 9.13 Å². The Hall–Kier alpha value is -10.8. The number of para-hydroxylation sites is 4. The number of nitrogens with zero attached hydrogens (tertiary/aromatic N) is 4. The molecule has 0 unspecified atom stereocenters. The lowest BCUT2D eigenvalue weighted by molar-refractivity contribution is 0.634. The molecule has 0 amide bonds. The molecule has 0 aliphatic rings. The first kappa shape index (κ1) is 49.8. The van der Waals surface area contributed by atoms with Gasteiger partial charge in [0.25, 0.3) is 0 Å². The summed E-state index contributed by atoms with van der Waals surface area (Å²) in [5, 5.41) is 13.5. The molecule has 6 heteroatoms. The van der Waals surface area contributed by atoms with Gasteiger partial charge < -0.3 is 27.8 Å². The van der Waals surface area contributed by atoms with Crippen molar-refractivity contribution in [3.63, 3.8) is 0 Å². The van der Waals surface area contributed by atoms with Gasteiger partial charge in [-0.1, -0.05) is 137 Å². The van der Waals surface area contributed by atoms with E-state index in [0.29, 0.717) is 11.8 Å². The van der Waals surface area contributed by atoms with Gasteiger partial charge in [-0.2, -0.15) is 0 Å². The molecule has 0 spiro atoms. The van der Waals surface area contributed by atoms with Gasteiger partial charge in [-0.15, -0.1) is 0 Å². The summed E-state index contributed by atoms with van der Waals surface area (Å²) < 4.78 is 18.7. The van der Waals surface area contributed by atoms with Gasteiger partial charge >= 0.3 is 0 Å². The van der Waals surface area contributed by atoms with E-state index in [1.807, 2.05) is 0 Å². The standard InChI is InChI=1S/C80H58N4O2/c1-49(2)51-23-29-59(30-24-51)81(63-35-39-75-69(47-63)65-19-11-13-21-73(65)83(75)57-15-7-5-8-16-57)61-33-27-53-43-71-67-37-38-68-72-44-54-28-34-62(42-56(54)46-78(72)86-80(68)79(67)85-77(71)45-55(53)41-61)82(60-31-25-52(26-32-60)50(3)4)64-36-40-76-70(48-64)66-20-12-14-22-74(66)84(76)58-17-9-6-10-18-58/h5-50H,1-4H3. The third-order valence-corrected chi connectivity index (χ3v) is 18.0. The Balaban J connectivity index is 0.770. The SMILES string of the molecule is CC(C)c1ccc(N(c2ccc3cc4c(cc3c2)oc2c4ccc3c4cc5ccc(N(c6ccc(C(C)C)cc6)c6ccc7c(c6)c6ccccc6n7-c6ccccc6)cc5cc4oc32)c2ccc3c(c2)c2ccccc2n3-c2ccccc2)cc1. The second-order valence-corrected chi connectivity index (χ2v) is 23.7. The summed E-state index contributed by atoms with van der Waals surface area (Å²) in [4.78, 5) is 4.78. The molecule has 4 heterocycles. The highest BCUT2D eigenvalue weighted by molar-refractivity contribution is 6.22. The molecule has 4 aromatic heterocycles. The number of hydrogen-bond donors (Lipinski definition) is 0. The quantitative estimate of drug-likeness (QED) is 0.137. The minimum atomic E-state index is 0.421. The summed E-state index contributed by atoms with van der Waals surface area (Å²) in [6, 6.07) is 97.7. The largest absolute Gasteiger partial charge is 0.452 e. The van der Waals surface area contributed by atoms with Gasteiger partial charge in [-0.3, -0.25) is 0 Å². The van der Waals surface area contributed by atoms with Crippen molar-refractivity contribution in [3.8, 4) is 11.4 Å². The highest BCUT2D eigenvalue weighted by atomic mass is 16.4. The van der Waals surface area contributed by atoms with E-state index in [0.717, 1.165) is 111 Å². The summed E-state index contributed by atoms with van der Waals surface area (Å²) in [6.07, 6.45) is 0. The summed E-state index contributed by atoms with van der Waals surface area (Å²) in [5.74, 6) is 0.841. The molecule has 0 N–H and O–H groups in total. The number of fused-ring (bicyclic) bond motifs is 15. The summed E-state index contributed by atoms with van der Waals surface area (Å²) >= 11 is 0. The Labute approximate surface area is 497 Å². The van der Waals surface area contributed by atoms with E-state index in [1.54, 1.807) is 0 Å². The molecule has 0 saturated heterocycles. The van der Waals surface area contributed by atoms with E-state index in [-0.39, 0.29) is 0 Å². The smallest absolute Gasteiger partial charge is 0.178 e. The minimum Gasteiger partial charge on any atom is -0.452 e. The lowest BCUT2D eigenvalue weighted by Gasteiger charge is -2.26. The van der Waals surface area contributed by atoms with Crippen LogP contribution >= 0.6 is 0 Å². The Morgan fingerprint density at radius 1 is 0.267 bits per heavy atom. The van der Waals surface area contributed by atoms with E-state index >= 15 is 0 Å². The van der Waals surface area contributed by atoms with Gasteiger partial charge in [-0.25, -0.2) is 0 Å². The molecule has 0 bridgehead atoms. The number of rotatable bonds is 10. The minimum absolute atomic E-state index is 0.421. The van der Waals surface area contributed by atoms with E-state index < -0.39 is 0 Å². The molecule has 17 rings (SSSR count). The number of furan rings is 2. The van der Waals surface area contributed by atoms with E-state index in [2.05, 4.69) is 314 Å². The maximum absolute atomic E-state index is 6.97.